The summed E-state index contributed by atoms with van der Waals surface area (Å²) in [7, 11) is 0. The number of hydrogen-bond acceptors (Lipinski definition) is 3. The highest BCUT2D eigenvalue weighted by molar-refractivity contribution is 5.90. The maximum absolute atomic E-state index is 12.3. The minimum atomic E-state index is 0.0577. The highest BCUT2D eigenvalue weighted by Crippen LogP contribution is 2.32. The molecule has 3 aromatic rings. The summed E-state index contributed by atoms with van der Waals surface area (Å²) in [6.45, 7) is 2.04. The normalized spacial score (nSPS) is 15.0. The summed E-state index contributed by atoms with van der Waals surface area (Å²) < 4.78 is 2.35. The van der Waals surface area contributed by atoms with E-state index in [2.05, 4.69) is 14.9 Å². The molecule has 0 atom stereocenters. The molecule has 1 aliphatic rings. The van der Waals surface area contributed by atoms with Crippen LogP contribution >= 0.6 is 0 Å². The van der Waals surface area contributed by atoms with Gasteiger partial charge < -0.3 is 9.88 Å². The molecular weight excluding hydrogens is 348 g/mol. The van der Waals surface area contributed by atoms with Crippen molar-refractivity contribution in [2.24, 2.45) is 0 Å². The Bertz CT molecular complexity index is 939. The Morgan fingerprint density at radius 1 is 1.14 bits per heavy atom. The minimum Gasteiger partial charge on any atom is -0.326 e. The Morgan fingerprint density at radius 3 is 2.71 bits per heavy atom. The molecule has 28 heavy (non-hydrogen) atoms. The van der Waals surface area contributed by atoms with Gasteiger partial charge in [-0.2, -0.15) is 0 Å². The predicted molar refractivity (Wildman–Crippen MR) is 112 cm³/mol. The van der Waals surface area contributed by atoms with Crippen LogP contribution < -0.4 is 5.32 Å². The Labute approximate surface area is 166 Å². The molecule has 1 amide bonds. The fraction of sp³-hybridized carbons (Fsp3) is 0.435. The molecule has 146 valence electrons. The zero-order chi connectivity index (χ0) is 19.3. The van der Waals surface area contributed by atoms with Gasteiger partial charge in [0.05, 0.1) is 0 Å². The van der Waals surface area contributed by atoms with Gasteiger partial charge in [0.25, 0.3) is 0 Å². The lowest BCUT2D eigenvalue weighted by atomic mass is 9.95. The van der Waals surface area contributed by atoms with E-state index in [1.54, 1.807) is 0 Å². The van der Waals surface area contributed by atoms with E-state index in [9.17, 15) is 4.79 Å². The molecule has 1 fully saturated rings. The van der Waals surface area contributed by atoms with Crippen LogP contribution in [0, 0.1) is 6.92 Å². The number of pyridine rings is 1. The number of carbonyl (C=O) groups excluding carboxylic acids is 1. The van der Waals surface area contributed by atoms with E-state index in [4.69, 9.17) is 4.98 Å². The highest BCUT2D eigenvalue weighted by Gasteiger charge is 2.22. The van der Waals surface area contributed by atoms with Gasteiger partial charge in [-0.1, -0.05) is 37.0 Å². The van der Waals surface area contributed by atoms with Crippen LogP contribution in [0.4, 0.5) is 5.69 Å². The number of benzene rings is 1. The molecule has 0 radical (unpaired) electrons. The van der Waals surface area contributed by atoms with Gasteiger partial charge in [0.15, 0.2) is 5.65 Å². The molecule has 1 aliphatic carbocycles. The maximum atomic E-state index is 12.3. The summed E-state index contributed by atoms with van der Waals surface area (Å²) in [6, 6.07) is 12.4. The van der Waals surface area contributed by atoms with Crippen LogP contribution in [-0.4, -0.2) is 20.4 Å². The zero-order valence-corrected chi connectivity index (χ0v) is 16.5. The summed E-state index contributed by atoms with van der Waals surface area (Å²) in [4.78, 5) is 21.7. The standard InChI is InChI=1S/C23H28N4O/c1-17-12-14-18(15-13-17)25-22(28)11-5-10-21-26-20-9-6-16-24-23(20)27(21)19-7-3-2-4-8-19/h6,9,12-16,19H,2-5,7-8,10-11H2,1H3,(H,25,28). The van der Waals surface area contributed by atoms with Crippen LogP contribution in [0.25, 0.3) is 11.2 Å². The number of hydrogen-bond donors (Lipinski definition) is 1. The van der Waals surface area contributed by atoms with Gasteiger partial charge in [-0.25, -0.2) is 9.97 Å². The average molecular weight is 377 g/mol. The van der Waals surface area contributed by atoms with E-state index in [0.29, 0.717) is 12.5 Å². The first-order chi connectivity index (χ1) is 13.7. The average Bonchev–Trinajstić information content (AvgIpc) is 3.08. The largest absolute Gasteiger partial charge is 0.326 e. The van der Waals surface area contributed by atoms with Crippen LogP contribution in [0.2, 0.25) is 0 Å². The van der Waals surface area contributed by atoms with Crippen molar-refractivity contribution < 1.29 is 4.79 Å². The van der Waals surface area contributed by atoms with Crippen molar-refractivity contribution in [3.05, 3.63) is 54.0 Å². The van der Waals surface area contributed by atoms with Crippen molar-refractivity contribution in [1.29, 1.82) is 0 Å². The van der Waals surface area contributed by atoms with Crippen LogP contribution in [-0.2, 0) is 11.2 Å². The first-order valence-corrected chi connectivity index (χ1v) is 10.4. The van der Waals surface area contributed by atoms with Gasteiger partial charge in [0.1, 0.15) is 11.3 Å². The molecule has 1 saturated carbocycles. The van der Waals surface area contributed by atoms with Crippen LogP contribution in [0.5, 0.6) is 0 Å². The summed E-state index contributed by atoms with van der Waals surface area (Å²) in [6.07, 6.45) is 10.2. The number of nitrogens with one attached hydrogen (secondary N) is 1. The molecular formula is C23H28N4O. The van der Waals surface area contributed by atoms with Crippen molar-refractivity contribution in [3.63, 3.8) is 0 Å². The molecule has 0 aliphatic heterocycles. The van der Waals surface area contributed by atoms with Gasteiger partial charge in [-0.3, -0.25) is 4.79 Å². The second kappa shape index (κ2) is 8.55. The number of fused-ring (bicyclic) bond motifs is 1. The zero-order valence-electron chi connectivity index (χ0n) is 16.5. The topological polar surface area (TPSA) is 59.8 Å². The quantitative estimate of drug-likeness (QED) is 0.643. The van der Waals surface area contributed by atoms with Crippen molar-refractivity contribution in [1.82, 2.24) is 14.5 Å². The fourth-order valence-corrected chi connectivity index (χ4v) is 4.14. The molecule has 0 saturated heterocycles. The Hall–Kier alpha value is -2.69. The summed E-state index contributed by atoms with van der Waals surface area (Å²) in [5, 5.41) is 2.98. The molecule has 2 heterocycles. The number of imidazole rings is 1. The third kappa shape index (κ3) is 4.24. The third-order valence-corrected chi connectivity index (χ3v) is 5.60. The smallest absolute Gasteiger partial charge is 0.224 e. The summed E-state index contributed by atoms with van der Waals surface area (Å²) in [5.74, 6) is 1.13. The number of amides is 1. The number of aromatic nitrogens is 3. The van der Waals surface area contributed by atoms with Crippen LogP contribution in [0.3, 0.4) is 0 Å². The molecule has 5 nitrogen and oxygen atoms in total. The van der Waals surface area contributed by atoms with Crippen LogP contribution in [0.15, 0.2) is 42.6 Å². The lowest BCUT2D eigenvalue weighted by Gasteiger charge is -2.25. The molecule has 4 rings (SSSR count). The molecule has 5 heteroatoms. The van der Waals surface area contributed by atoms with Crippen LogP contribution in [0.1, 0.15) is 62.4 Å². The van der Waals surface area contributed by atoms with Gasteiger partial charge >= 0.3 is 0 Å². The Kier molecular flexibility index (Phi) is 5.70. The summed E-state index contributed by atoms with van der Waals surface area (Å²) in [5.41, 5.74) is 4.00. The fourth-order valence-electron chi connectivity index (χ4n) is 4.14. The number of rotatable bonds is 6. The van der Waals surface area contributed by atoms with Crippen molar-refractivity contribution in [2.45, 2.75) is 64.3 Å². The first kappa shape index (κ1) is 18.7. The van der Waals surface area contributed by atoms with Gasteiger partial charge in [-0.05, 0) is 50.5 Å². The minimum absolute atomic E-state index is 0.0577. The van der Waals surface area contributed by atoms with E-state index in [0.717, 1.165) is 35.5 Å². The highest BCUT2D eigenvalue weighted by atomic mass is 16.1. The molecule has 0 bridgehead atoms. The van der Waals surface area contributed by atoms with Crippen molar-refractivity contribution in [3.8, 4) is 0 Å². The van der Waals surface area contributed by atoms with Crippen molar-refractivity contribution in [2.75, 3.05) is 5.32 Å². The lowest BCUT2D eigenvalue weighted by molar-refractivity contribution is -0.116. The summed E-state index contributed by atoms with van der Waals surface area (Å²) >= 11 is 0. The number of carbonyl (C=O) groups is 1. The molecule has 1 N–H and O–H groups in total. The number of anilines is 1. The SMILES string of the molecule is Cc1ccc(NC(=O)CCCc2nc3cccnc3n2C2CCCCC2)cc1. The van der Waals surface area contributed by atoms with E-state index >= 15 is 0 Å². The first-order valence-electron chi connectivity index (χ1n) is 10.4. The molecule has 1 aromatic carbocycles. The molecule has 0 unspecified atom stereocenters. The second-order valence-corrected chi connectivity index (χ2v) is 7.80. The van der Waals surface area contributed by atoms with E-state index in [-0.39, 0.29) is 5.91 Å². The van der Waals surface area contributed by atoms with Crippen molar-refractivity contribution >= 4 is 22.8 Å². The Balaban J connectivity index is 1.42. The van der Waals surface area contributed by atoms with Gasteiger partial charge in [0, 0.05) is 30.8 Å². The Morgan fingerprint density at radius 2 is 1.93 bits per heavy atom. The monoisotopic (exact) mass is 376 g/mol. The van der Waals surface area contributed by atoms with Gasteiger partial charge in [0.2, 0.25) is 5.91 Å². The third-order valence-electron chi connectivity index (χ3n) is 5.60. The maximum Gasteiger partial charge on any atom is 0.224 e. The molecule has 0 spiro atoms. The second-order valence-electron chi connectivity index (χ2n) is 7.80. The molecule has 2 aromatic heterocycles. The lowest BCUT2D eigenvalue weighted by Crippen LogP contribution is -2.17. The number of nitrogens with zero attached hydrogens (tertiary/aromatic N) is 3. The predicted octanol–water partition coefficient (Wildman–Crippen LogP) is 5.21. The van der Waals surface area contributed by atoms with E-state index in [1.807, 2.05) is 49.5 Å². The van der Waals surface area contributed by atoms with E-state index in [1.165, 1.54) is 37.7 Å². The van der Waals surface area contributed by atoms with E-state index < -0.39 is 0 Å². The van der Waals surface area contributed by atoms with Gasteiger partial charge in [-0.15, -0.1) is 0 Å². The number of aryl methyl sites for hydroxylation is 2.